The SMILES string of the molecule is CCC1C(=O)NCCN1c1nc2ccc(C(=O)O)cc2o1. The highest BCUT2D eigenvalue weighted by atomic mass is 16.4. The topological polar surface area (TPSA) is 95.7 Å². The van der Waals surface area contributed by atoms with Gasteiger partial charge in [0.1, 0.15) is 11.6 Å². The number of aromatic carboxylic acids is 1. The van der Waals surface area contributed by atoms with Crippen molar-refractivity contribution in [3.63, 3.8) is 0 Å². The van der Waals surface area contributed by atoms with Crippen LogP contribution in [-0.2, 0) is 4.79 Å². The monoisotopic (exact) mass is 289 g/mol. The molecule has 3 rings (SSSR count). The van der Waals surface area contributed by atoms with Gasteiger partial charge in [0.05, 0.1) is 5.56 Å². The third kappa shape index (κ3) is 2.31. The van der Waals surface area contributed by atoms with Crippen LogP contribution >= 0.6 is 0 Å². The van der Waals surface area contributed by atoms with Gasteiger partial charge in [0.25, 0.3) is 6.01 Å². The molecule has 1 fully saturated rings. The van der Waals surface area contributed by atoms with Crippen molar-refractivity contribution in [2.24, 2.45) is 0 Å². The Hall–Kier alpha value is -2.57. The van der Waals surface area contributed by atoms with E-state index in [-0.39, 0.29) is 17.5 Å². The average molecular weight is 289 g/mol. The minimum absolute atomic E-state index is 0.0442. The summed E-state index contributed by atoms with van der Waals surface area (Å²) < 4.78 is 5.65. The van der Waals surface area contributed by atoms with Crippen LogP contribution in [0.4, 0.5) is 6.01 Å². The maximum atomic E-state index is 11.9. The molecular weight excluding hydrogens is 274 g/mol. The van der Waals surface area contributed by atoms with E-state index in [0.717, 1.165) is 0 Å². The van der Waals surface area contributed by atoms with E-state index in [1.165, 1.54) is 12.1 Å². The number of benzene rings is 1. The lowest BCUT2D eigenvalue weighted by Gasteiger charge is -2.33. The summed E-state index contributed by atoms with van der Waals surface area (Å²) in [7, 11) is 0. The molecule has 0 bridgehead atoms. The first-order valence-corrected chi connectivity index (χ1v) is 6.78. The average Bonchev–Trinajstić information content (AvgIpc) is 2.89. The van der Waals surface area contributed by atoms with Crippen molar-refractivity contribution in [2.75, 3.05) is 18.0 Å². The van der Waals surface area contributed by atoms with E-state index in [2.05, 4.69) is 10.3 Å². The number of nitrogens with zero attached hydrogens (tertiary/aromatic N) is 2. The van der Waals surface area contributed by atoms with Crippen LogP contribution in [0.1, 0.15) is 23.7 Å². The minimum atomic E-state index is -1.02. The molecule has 7 nitrogen and oxygen atoms in total. The van der Waals surface area contributed by atoms with Crippen molar-refractivity contribution in [3.8, 4) is 0 Å². The summed E-state index contributed by atoms with van der Waals surface area (Å²) in [5.74, 6) is -1.06. The van der Waals surface area contributed by atoms with E-state index in [1.54, 1.807) is 6.07 Å². The lowest BCUT2D eigenvalue weighted by molar-refractivity contribution is -0.123. The molecule has 2 N–H and O–H groups in total. The molecule has 0 saturated carbocycles. The number of rotatable bonds is 3. The highest BCUT2D eigenvalue weighted by Gasteiger charge is 2.31. The summed E-state index contributed by atoms with van der Waals surface area (Å²) >= 11 is 0. The number of carbonyl (C=O) groups excluding carboxylic acids is 1. The number of carboxylic acids is 1. The van der Waals surface area contributed by atoms with E-state index in [0.29, 0.717) is 36.6 Å². The summed E-state index contributed by atoms with van der Waals surface area (Å²) in [6.45, 7) is 3.07. The van der Waals surface area contributed by atoms with E-state index in [9.17, 15) is 9.59 Å². The predicted octanol–water partition coefficient (Wildman–Crippen LogP) is 1.24. The fraction of sp³-hybridized carbons (Fsp3) is 0.357. The maximum absolute atomic E-state index is 11.9. The molecule has 1 aromatic heterocycles. The Morgan fingerprint density at radius 3 is 3.10 bits per heavy atom. The fourth-order valence-corrected chi connectivity index (χ4v) is 2.52. The second-order valence-electron chi connectivity index (χ2n) is 4.89. The standard InChI is InChI=1S/C14H15N3O4/c1-2-10-12(18)15-5-6-17(10)14-16-9-4-3-8(13(19)20)7-11(9)21-14/h3-4,7,10H,2,5-6H2,1H3,(H,15,18)(H,19,20). The first-order valence-electron chi connectivity index (χ1n) is 6.78. The number of hydrogen-bond donors (Lipinski definition) is 2. The molecule has 7 heteroatoms. The Kier molecular flexibility index (Phi) is 3.25. The molecule has 1 amide bonds. The van der Waals surface area contributed by atoms with Crippen LogP contribution in [0.2, 0.25) is 0 Å². The number of nitrogens with one attached hydrogen (secondary N) is 1. The van der Waals surface area contributed by atoms with Gasteiger partial charge < -0.3 is 19.7 Å². The van der Waals surface area contributed by atoms with Crippen molar-refractivity contribution in [2.45, 2.75) is 19.4 Å². The molecular formula is C14H15N3O4. The van der Waals surface area contributed by atoms with Crippen LogP contribution < -0.4 is 10.2 Å². The summed E-state index contributed by atoms with van der Waals surface area (Å²) in [4.78, 5) is 29.0. The number of piperazine rings is 1. The predicted molar refractivity (Wildman–Crippen MR) is 75.4 cm³/mol. The number of carbonyl (C=O) groups is 2. The van der Waals surface area contributed by atoms with Gasteiger partial charge in [-0.2, -0.15) is 4.98 Å². The van der Waals surface area contributed by atoms with Gasteiger partial charge in [-0.05, 0) is 24.6 Å². The molecule has 1 aliphatic rings. The summed E-state index contributed by atoms with van der Waals surface area (Å²) in [6, 6.07) is 4.58. The Morgan fingerprint density at radius 1 is 1.57 bits per heavy atom. The van der Waals surface area contributed by atoms with E-state index < -0.39 is 5.97 Å². The number of aromatic nitrogens is 1. The number of oxazole rings is 1. The van der Waals surface area contributed by atoms with E-state index >= 15 is 0 Å². The zero-order valence-corrected chi connectivity index (χ0v) is 11.5. The summed E-state index contributed by atoms with van der Waals surface area (Å²) in [5.41, 5.74) is 1.13. The van der Waals surface area contributed by atoms with Gasteiger partial charge in [-0.1, -0.05) is 6.92 Å². The zero-order chi connectivity index (χ0) is 15.0. The second kappa shape index (κ2) is 5.08. The largest absolute Gasteiger partial charge is 0.478 e. The van der Waals surface area contributed by atoms with Gasteiger partial charge >= 0.3 is 5.97 Å². The quantitative estimate of drug-likeness (QED) is 0.882. The Morgan fingerprint density at radius 2 is 2.38 bits per heavy atom. The molecule has 1 aliphatic heterocycles. The third-order valence-electron chi connectivity index (χ3n) is 3.59. The van der Waals surface area contributed by atoms with Crippen molar-refractivity contribution in [1.82, 2.24) is 10.3 Å². The number of hydrogen-bond acceptors (Lipinski definition) is 5. The molecule has 2 aromatic rings. The van der Waals surface area contributed by atoms with Crippen molar-refractivity contribution < 1.29 is 19.1 Å². The van der Waals surface area contributed by atoms with Crippen LogP contribution in [0.25, 0.3) is 11.1 Å². The molecule has 1 saturated heterocycles. The molecule has 1 unspecified atom stereocenters. The molecule has 110 valence electrons. The van der Waals surface area contributed by atoms with Crippen LogP contribution in [0.3, 0.4) is 0 Å². The van der Waals surface area contributed by atoms with Crippen LogP contribution in [0.5, 0.6) is 0 Å². The van der Waals surface area contributed by atoms with Gasteiger partial charge in [0, 0.05) is 13.1 Å². The molecule has 0 aliphatic carbocycles. The highest BCUT2D eigenvalue weighted by molar-refractivity contribution is 5.92. The zero-order valence-electron chi connectivity index (χ0n) is 11.5. The fourth-order valence-electron chi connectivity index (χ4n) is 2.52. The third-order valence-corrected chi connectivity index (χ3v) is 3.59. The Balaban J connectivity index is 2.00. The molecule has 1 atom stereocenters. The second-order valence-corrected chi connectivity index (χ2v) is 4.89. The van der Waals surface area contributed by atoms with Gasteiger partial charge in [-0.25, -0.2) is 4.79 Å². The van der Waals surface area contributed by atoms with E-state index in [1.807, 2.05) is 11.8 Å². The number of amides is 1. The molecule has 2 heterocycles. The first-order chi connectivity index (χ1) is 10.1. The number of fused-ring (bicyclic) bond motifs is 1. The van der Waals surface area contributed by atoms with Gasteiger partial charge in [0.15, 0.2) is 5.58 Å². The minimum Gasteiger partial charge on any atom is -0.478 e. The number of carboxylic acid groups (broad SMARTS) is 1. The highest BCUT2D eigenvalue weighted by Crippen LogP contribution is 2.26. The molecule has 0 radical (unpaired) electrons. The molecule has 21 heavy (non-hydrogen) atoms. The van der Waals surface area contributed by atoms with Crippen LogP contribution in [0, 0.1) is 0 Å². The van der Waals surface area contributed by atoms with Crippen LogP contribution in [-0.4, -0.2) is 41.1 Å². The molecule has 1 aromatic carbocycles. The summed E-state index contributed by atoms with van der Waals surface area (Å²) in [5, 5.41) is 11.8. The lowest BCUT2D eigenvalue weighted by atomic mass is 10.1. The smallest absolute Gasteiger partial charge is 0.335 e. The summed E-state index contributed by atoms with van der Waals surface area (Å²) in [6.07, 6.45) is 0.644. The Labute approximate surface area is 120 Å². The maximum Gasteiger partial charge on any atom is 0.335 e. The van der Waals surface area contributed by atoms with Crippen molar-refractivity contribution in [3.05, 3.63) is 23.8 Å². The first kappa shape index (κ1) is 13.4. The lowest BCUT2D eigenvalue weighted by Crippen LogP contribution is -2.55. The molecule has 0 spiro atoms. The Bertz CT molecular complexity index is 709. The van der Waals surface area contributed by atoms with Crippen LogP contribution in [0.15, 0.2) is 22.6 Å². The normalized spacial score (nSPS) is 18.8. The number of anilines is 1. The van der Waals surface area contributed by atoms with E-state index in [4.69, 9.17) is 9.52 Å². The van der Waals surface area contributed by atoms with Gasteiger partial charge in [-0.3, -0.25) is 4.79 Å². The van der Waals surface area contributed by atoms with Gasteiger partial charge in [0.2, 0.25) is 5.91 Å². The van der Waals surface area contributed by atoms with Crippen molar-refractivity contribution >= 4 is 29.0 Å². The van der Waals surface area contributed by atoms with Crippen molar-refractivity contribution in [1.29, 1.82) is 0 Å². The van der Waals surface area contributed by atoms with Gasteiger partial charge in [-0.15, -0.1) is 0 Å².